The highest BCUT2D eigenvalue weighted by molar-refractivity contribution is 6.30. The quantitative estimate of drug-likeness (QED) is 0.673. The molecule has 0 aliphatic carbocycles. The molecule has 0 aliphatic heterocycles. The number of unbranched alkanes of at least 4 members (excludes halogenated alkanes) is 2. The van der Waals surface area contributed by atoms with Gasteiger partial charge in [0.15, 0.2) is 0 Å². The number of halogens is 1. The highest BCUT2D eigenvalue weighted by Gasteiger charge is 2.22. The summed E-state index contributed by atoms with van der Waals surface area (Å²) in [5.74, 6) is -0.0555. The molecule has 1 aromatic rings. The van der Waals surface area contributed by atoms with Gasteiger partial charge in [-0.05, 0) is 43.0 Å². The Labute approximate surface area is 144 Å². The Hall–Kier alpha value is -1.55. The summed E-state index contributed by atoms with van der Waals surface area (Å²) in [4.78, 5) is 24.6. The molecule has 0 aromatic heterocycles. The molecule has 0 bridgehead atoms. The molecule has 0 saturated heterocycles. The van der Waals surface area contributed by atoms with E-state index in [4.69, 9.17) is 11.6 Å². The van der Waals surface area contributed by atoms with Crippen LogP contribution in [0.1, 0.15) is 56.8 Å². The van der Waals surface area contributed by atoms with Crippen LogP contribution < -0.4 is 10.6 Å². The van der Waals surface area contributed by atoms with Crippen LogP contribution in [0.5, 0.6) is 0 Å². The molecule has 1 atom stereocenters. The number of nitrogens with one attached hydrogen (secondary N) is 2. The predicted octanol–water partition coefficient (Wildman–Crippen LogP) is 3.79. The molecule has 0 saturated carbocycles. The summed E-state index contributed by atoms with van der Waals surface area (Å²) in [6, 6.07) is 6.13. The molecule has 23 heavy (non-hydrogen) atoms. The van der Waals surface area contributed by atoms with Crippen molar-refractivity contribution in [3.8, 4) is 0 Å². The van der Waals surface area contributed by atoms with Crippen LogP contribution in [0.4, 0.5) is 0 Å². The SMILES string of the molecule is CCCCCNC(=O)C(CC(C)C)NC(=O)c1ccc(Cl)cc1. The minimum Gasteiger partial charge on any atom is -0.354 e. The molecule has 128 valence electrons. The van der Waals surface area contributed by atoms with E-state index in [1.165, 1.54) is 0 Å². The van der Waals surface area contributed by atoms with Gasteiger partial charge in [0.25, 0.3) is 5.91 Å². The lowest BCUT2D eigenvalue weighted by Crippen LogP contribution is -2.47. The largest absolute Gasteiger partial charge is 0.354 e. The van der Waals surface area contributed by atoms with Gasteiger partial charge in [-0.3, -0.25) is 9.59 Å². The predicted molar refractivity (Wildman–Crippen MR) is 94.7 cm³/mol. The molecular weight excluding hydrogens is 312 g/mol. The Morgan fingerprint density at radius 2 is 1.78 bits per heavy atom. The molecule has 2 amide bonds. The normalized spacial score (nSPS) is 12.0. The summed E-state index contributed by atoms with van der Waals surface area (Å²) in [5, 5.41) is 6.32. The van der Waals surface area contributed by atoms with Crippen LogP contribution in [-0.4, -0.2) is 24.4 Å². The van der Waals surface area contributed by atoms with Crippen LogP contribution >= 0.6 is 11.6 Å². The Morgan fingerprint density at radius 3 is 2.35 bits per heavy atom. The highest BCUT2D eigenvalue weighted by Crippen LogP contribution is 2.11. The fourth-order valence-electron chi connectivity index (χ4n) is 2.26. The summed E-state index contributed by atoms with van der Waals surface area (Å²) in [6.45, 7) is 6.84. The second kappa shape index (κ2) is 10.3. The first kappa shape index (κ1) is 19.5. The van der Waals surface area contributed by atoms with Crippen molar-refractivity contribution in [1.82, 2.24) is 10.6 Å². The molecule has 0 radical (unpaired) electrons. The van der Waals surface area contributed by atoms with Crippen LogP contribution in [0, 0.1) is 5.92 Å². The van der Waals surface area contributed by atoms with Crippen molar-refractivity contribution in [1.29, 1.82) is 0 Å². The maximum absolute atomic E-state index is 12.3. The Bertz CT molecular complexity index is 500. The number of carbonyl (C=O) groups excluding carboxylic acids is 2. The van der Waals surface area contributed by atoms with Crippen LogP contribution in [0.2, 0.25) is 5.02 Å². The molecule has 5 heteroatoms. The summed E-state index contributed by atoms with van der Waals surface area (Å²) >= 11 is 5.83. The van der Waals surface area contributed by atoms with E-state index in [0.29, 0.717) is 29.5 Å². The number of benzene rings is 1. The van der Waals surface area contributed by atoms with E-state index in [2.05, 4.69) is 17.6 Å². The first-order chi connectivity index (χ1) is 10.9. The van der Waals surface area contributed by atoms with Gasteiger partial charge in [0, 0.05) is 17.1 Å². The first-order valence-corrected chi connectivity index (χ1v) is 8.66. The Morgan fingerprint density at radius 1 is 1.13 bits per heavy atom. The molecule has 0 heterocycles. The lowest BCUT2D eigenvalue weighted by molar-refractivity contribution is -0.123. The zero-order valence-electron chi connectivity index (χ0n) is 14.2. The van der Waals surface area contributed by atoms with Gasteiger partial charge in [-0.2, -0.15) is 0 Å². The standard InChI is InChI=1S/C18H27ClN2O2/c1-4-5-6-11-20-18(23)16(12-13(2)3)21-17(22)14-7-9-15(19)10-8-14/h7-10,13,16H,4-6,11-12H2,1-3H3,(H,20,23)(H,21,22). The monoisotopic (exact) mass is 338 g/mol. The molecular formula is C18H27ClN2O2. The maximum Gasteiger partial charge on any atom is 0.251 e. The number of amides is 2. The van der Waals surface area contributed by atoms with Crippen molar-refractivity contribution in [3.63, 3.8) is 0 Å². The average Bonchev–Trinajstić information content (AvgIpc) is 2.50. The second-order valence-electron chi connectivity index (χ2n) is 6.16. The van der Waals surface area contributed by atoms with Gasteiger partial charge in [0.2, 0.25) is 5.91 Å². The zero-order valence-corrected chi connectivity index (χ0v) is 15.0. The smallest absolute Gasteiger partial charge is 0.251 e. The first-order valence-electron chi connectivity index (χ1n) is 8.28. The number of hydrogen-bond donors (Lipinski definition) is 2. The zero-order chi connectivity index (χ0) is 17.2. The Kier molecular flexibility index (Phi) is 8.70. The van der Waals surface area contributed by atoms with E-state index in [-0.39, 0.29) is 11.8 Å². The van der Waals surface area contributed by atoms with Crippen molar-refractivity contribution in [2.75, 3.05) is 6.54 Å². The van der Waals surface area contributed by atoms with Gasteiger partial charge in [-0.1, -0.05) is 45.2 Å². The summed E-state index contributed by atoms with van der Waals surface area (Å²) in [7, 11) is 0. The minimum atomic E-state index is -0.514. The third kappa shape index (κ3) is 7.51. The van der Waals surface area contributed by atoms with Crippen LogP contribution in [-0.2, 0) is 4.79 Å². The van der Waals surface area contributed by atoms with Gasteiger partial charge >= 0.3 is 0 Å². The van der Waals surface area contributed by atoms with Crippen LogP contribution in [0.3, 0.4) is 0 Å². The maximum atomic E-state index is 12.3. The number of hydrogen-bond acceptors (Lipinski definition) is 2. The number of carbonyl (C=O) groups is 2. The summed E-state index contributed by atoms with van der Waals surface area (Å²) in [6.07, 6.45) is 3.77. The minimum absolute atomic E-state index is 0.114. The number of rotatable bonds is 9. The van der Waals surface area contributed by atoms with Crippen LogP contribution in [0.15, 0.2) is 24.3 Å². The van der Waals surface area contributed by atoms with Crippen molar-refractivity contribution >= 4 is 23.4 Å². The molecule has 0 fully saturated rings. The lowest BCUT2D eigenvalue weighted by atomic mass is 10.0. The average molecular weight is 339 g/mol. The van der Waals surface area contributed by atoms with E-state index >= 15 is 0 Å². The van der Waals surface area contributed by atoms with E-state index in [9.17, 15) is 9.59 Å². The topological polar surface area (TPSA) is 58.2 Å². The van der Waals surface area contributed by atoms with Gasteiger partial charge in [-0.25, -0.2) is 0 Å². The fourth-order valence-corrected chi connectivity index (χ4v) is 2.38. The highest BCUT2D eigenvalue weighted by atomic mass is 35.5. The van der Waals surface area contributed by atoms with Gasteiger partial charge in [-0.15, -0.1) is 0 Å². The Balaban J connectivity index is 2.64. The molecule has 2 N–H and O–H groups in total. The van der Waals surface area contributed by atoms with E-state index in [1.807, 2.05) is 13.8 Å². The molecule has 4 nitrogen and oxygen atoms in total. The van der Waals surface area contributed by atoms with E-state index in [0.717, 1.165) is 19.3 Å². The third-order valence-electron chi connectivity index (χ3n) is 3.51. The van der Waals surface area contributed by atoms with Crippen LogP contribution in [0.25, 0.3) is 0 Å². The van der Waals surface area contributed by atoms with Gasteiger partial charge in [0.1, 0.15) is 6.04 Å². The lowest BCUT2D eigenvalue weighted by Gasteiger charge is -2.20. The van der Waals surface area contributed by atoms with Crippen molar-refractivity contribution in [2.24, 2.45) is 5.92 Å². The van der Waals surface area contributed by atoms with E-state index < -0.39 is 6.04 Å². The second-order valence-corrected chi connectivity index (χ2v) is 6.60. The van der Waals surface area contributed by atoms with Crippen molar-refractivity contribution in [2.45, 2.75) is 52.5 Å². The molecule has 1 aromatic carbocycles. The summed E-state index contributed by atoms with van der Waals surface area (Å²) < 4.78 is 0. The van der Waals surface area contributed by atoms with E-state index in [1.54, 1.807) is 24.3 Å². The van der Waals surface area contributed by atoms with Crippen molar-refractivity contribution < 1.29 is 9.59 Å². The molecule has 0 spiro atoms. The van der Waals surface area contributed by atoms with Gasteiger partial charge in [0.05, 0.1) is 0 Å². The van der Waals surface area contributed by atoms with Gasteiger partial charge < -0.3 is 10.6 Å². The molecule has 1 rings (SSSR count). The van der Waals surface area contributed by atoms with Crippen molar-refractivity contribution in [3.05, 3.63) is 34.9 Å². The fraction of sp³-hybridized carbons (Fsp3) is 0.556. The summed E-state index contributed by atoms with van der Waals surface area (Å²) in [5.41, 5.74) is 0.502. The molecule has 1 unspecified atom stereocenters. The third-order valence-corrected chi connectivity index (χ3v) is 3.77. The molecule has 0 aliphatic rings.